The van der Waals surface area contributed by atoms with Crippen LogP contribution in [0.1, 0.15) is 29.7 Å². The Morgan fingerprint density at radius 3 is 2.51 bits per heavy atom. The second-order valence-electron chi connectivity index (χ2n) is 11.1. The summed E-state index contributed by atoms with van der Waals surface area (Å²) in [5.74, 6) is 0.959. The number of benzene rings is 5. The van der Waals surface area contributed by atoms with E-state index in [1.807, 2.05) is 103 Å². The molecule has 1 unspecified atom stereocenters. The van der Waals surface area contributed by atoms with Crippen molar-refractivity contribution in [2.75, 3.05) is 12.4 Å². The second kappa shape index (κ2) is 12.9. The first-order chi connectivity index (χ1) is 23.0. The van der Waals surface area contributed by atoms with E-state index < -0.39 is 6.04 Å². The monoisotopic (exact) mass is 637 g/mol. The van der Waals surface area contributed by atoms with Crippen molar-refractivity contribution in [2.45, 2.75) is 19.6 Å². The zero-order chi connectivity index (χ0) is 32.3. The summed E-state index contributed by atoms with van der Waals surface area (Å²) < 4.78 is 14.0. The largest absolute Gasteiger partial charge is 0.497 e. The van der Waals surface area contributed by atoms with E-state index in [-0.39, 0.29) is 11.5 Å². The minimum atomic E-state index is -0.718. The molecule has 7 rings (SSSR count). The van der Waals surface area contributed by atoms with Gasteiger partial charge >= 0.3 is 0 Å². The number of rotatable bonds is 8. The molecule has 8 heteroatoms. The molecule has 7 nitrogen and oxygen atoms in total. The Kier molecular flexibility index (Phi) is 8.25. The Hall–Kier alpha value is -5.73. The summed E-state index contributed by atoms with van der Waals surface area (Å²) in [6.07, 6.45) is 1.84. The van der Waals surface area contributed by atoms with Crippen LogP contribution >= 0.6 is 11.3 Å². The zero-order valence-corrected chi connectivity index (χ0v) is 26.7. The predicted molar refractivity (Wildman–Crippen MR) is 187 cm³/mol. The van der Waals surface area contributed by atoms with Crippen molar-refractivity contribution >= 4 is 39.8 Å². The molecule has 0 saturated carbocycles. The normalized spacial score (nSPS) is 14.4. The first kappa shape index (κ1) is 30.0. The van der Waals surface area contributed by atoms with Gasteiger partial charge in [-0.2, -0.15) is 0 Å². The quantitative estimate of drug-likeness (QED) is 0.204. The third-order valence-electron chi connectivity index (χ3n) is 8.18. The number of methoxy groups -OCH3 is 1. The Balaban J connectivity index is 1.29. The predicted octanol–water partition coefficient (Wildman–Crippen LogP) is 6.61. The van der Waals surface area contributed by atoms with Crippen LogP contribution < -0.4 is 29.7 Å². The van der Waals surface area contributed by atoms with E-state index in [4.69, 9.17) is 14.5 Å². The lowest BCUT2D eigenvalue weighted by atomic mass is 9.95. The van der Waals surface area contributed by atoms with Crippen molar-refractivity contribution in [2.24, 2.45) is 4.99 Å². The molecule has 0 aliphatic carbocycles. The molecule has 47 heavy (non-hydrogen) atoms. The fourth-order valence-corrected chi connectivity index (χ4v) is 6.94. The van der Waals surface area contributed by atoms with Gasteiger partial charge in [0.1, 0.15) is 18.1 Å². The summed E-state index contributed by atoms with van der Waals surface area (Å²) in [7, 11) is 1.59. The molecule has 232 valence electrons. The van der Waals surface area contributed by atoms with Gasteiger partial charge in [-0.25, -0.2) is 4.99 Å². The number of amides is 1. The number of carbonyl (C=O) groups excluding carboxylic acids is 1. The van der Waals surface area contributed by atoms with E-state index in [0.717, 1.165) is 27.5 Å². The van der Waals surface area contributed by atoms with E-state index in [9.17, 15) is 9.59 Å². The van der Waals surface area contributed by atoms with Crippen molar-refractivity contribution < 1.29 is 14.3 Å². The van der Waals surface area contributed by atoms with E-state index in [2.05, 4.69) is 29.6 Å². The average Bonchev–Trinajstić information content (AvgIpc) is 3.41. The molecule has 2 heterocycles. The van der Waals surface area contributed by atoms with E-state index in [1.165, 1.54) is 11.3 Å². The highest BCUT2D eigenvalue weighted by molar-refractivity contribution is 7.07. The number of hydrogen-bond acceptors (Lipinski definition) is 6. The number of hydrogen-bond donors (Lipinski definition) is 1. The Morgan fingerprint density at radius 2 is 1.66 bits per heavy atom. The number of anilines is 1. The standard InChI is InChI=1S/C39H31N3O4S/c1-25-35(37(43)41-30-17-4-3-5-18-30)36(28-15-11-19-31(22-28)45-2)42-38(44)34(47-39(42)40-25)23-27-13-7-9-21-33(27)46-24-29-16-10-14-26-12-6-8-20-32(26)29/h3-23,36H,24H2,1-2H3,(H,41,43)/b34-23+. The number of aromatic nitrogens is 1. The lowest BCUT2D eigenvalue weighted by Crippen LogP contribution is -2.40. The average molecular weight is 638 g/mol. The Labute approximate surface area is 275 Å². The van der Waals surface area contributed by atoms with Gasteiger partial charge < -0.3 is 14.8 Å². The number of thiazole rings is 1. The van der Waals surface area contributed by atoms with Gasteiger partial charge in [-0.15, -0.1) is 0 Å². The van der Waals surface area contributed by atoms with Crippen LogP contribution in [0, 0.1) is 0 Å². The van der Waals surface area contributed by atoms with Crippen LogP contribution in [0.15, 0.2) is 142 Å². The molecule has 0 saturated heterocycles. The molecule has 0 bridgehead atoms. The maximum atomic E-state index is 14.3. The minimum absolute atomic E-state index is 0.247. The van der Waals surface area contributed by atoms with Crippen LogP contribution in [-0.2, 0) is 11.4 Å². The molecule has 1 aromatic heterocycles. The summed E-state index contributed by atoms with van der Waals surface area (Å²) >= 11 is 1.29. The number of carbonyl (C=O) groups is 1. The number of nitrogens with zero attached hydrogens (tertiary/aromatic N) is 2. The highest BCUT2D eigenvalue weighted by atomic mass is 32.1. The van der Waals surface area contributed by atoms with Crippen molar-refractivity contribution in [3.63, 3.8) is 0 Å². The fraction of sp³-hybridized carbons (Fsp3) is 0.103. The molecule has 1 aliphatic rings. The van der Waals surface area contributed by atoms with Gasteiger partial charge in [0, 0.05) is 11.3 Å². The second-order valence-corrected chi connectivity index (χ2v) is 12.2. The van der Waals surface area contributed by atoms with Crippen LogP contribution in [0.25, 0.3) is 16.8 Å². The van der Waals surface area contributed by atoms with Crippen molar-refractivity contribution in [1.82, 2.24) is 4.57 Å². The summed E-state index contributed by atoms with van der Waals surface area (Å²) in [5, 5.41) is 5.28. The molecule has 5 aromatic carbocycles. The number of allylic oxidation sites excluding steroid dienone is 1. The van der Waals surface area contributed by atoms with Gasteiger partial charge in [-0.05, 0) is 65.2 Å². The summed E-state index contributed by atoms with van der Waals surface area (Å²) in [4.78, 5) is 33.4. The first-order valence-electron chi connectivity index (χ1n) is 15.2. The molecule has 1 aliphatic heterocycles. The summed E-state index contributed by atoms with van der Waals surface area (Å²) in [6, 6.07) is 38.1. The highest BCUT2D eigenvalue weighted by Crippen LogP contribution is 2.32. The topological polar surface area (TPSA) is 81.9 Å². The first-order valence-corrected chi connectivity index (χ1v) is 16.0. The van der Waals surface area contributed by atoms with Crippen molar-refractivity contribution in [3.05, 3.63) is 169 Å². The van der Waals surface area contributed by atoms with Crippen molar-refractivity contribution in [1.29, 1.82) is 0 Å². The van der Waals surface area contributed by atoms with E-state index >= 15 is 0 Å². The molecular formula is C39H31N3O4S. The molecule has 6 aromatic rings. The van der Waals surface area contributed by atoms with Crippen LogP contribution in [0.3, 0.4) is 0 Å². The zero-order valence-electron chi connectivity index (χ0n) is 25.8. The Bertz CT molecular complexity index is 2340. The van der Waals surface area contributed by atoms with Gasteiger partial charge in [-0.1, -0.05) is 102 Å². The van der Waals surface area contributed by atoms with Gasteiger partial charge in [0.25, 0.3) is 11.5 Å². The maximum Gasteiger partial charge on any atom is 0.271 e. The van der Waals surface area contributed by atoms with E-state index in [0.29, 0.717) is 44.4 Å². The number of ether oxygens (including phenoxy) is 2. The summed E-state index contributed by atoms with van der Waals surface area (Å²) in [6.45, 7) is 2.18. The molecule has 0 radical (unpaired) electrons. The van der Waals surface area contributed by atoms with E-state index in [1.54, 1.807) is 18.6 Å². The molecule has 0 spiro atoms. The van der Waals surface area contributed by atoms with Crippen molar-refractivity contribution in [3.8, 4) is 11.5 Å². The number of para-hydroxylation sites is 2. The maximum absolute atomic E-state index is 14.3. The van der Waals surface area contributed by atoms with Gasteiger partial charge in [0.05, 0.1) is 29.0 Å². The van der Waals surface area contributed by atoms with Gasteiger partial charge in [0.15, 0.2) is 4.80 Å². The van der Waals surface area contributed by atoms with Crippen LogP contribution in [-0.4, -0.2) is 17.6 Å². The lowest BCUT2D eigenvalue weighted by Gasteiger charge is -2.25. The number of fused-ring (bicyclic) bond motifs is 2. The molecule has 0 fully saturated rings. The highest BCUT2D eigenvalue weighted by Gasteiger charge is 2.32. The van der Waals surface area contributed by atoms with Crippen LogP contribution in [0.4, 0.5) is 5.69 Å². The molecule has 1 amide bonds. The molecule has 1 atom stereocenters. The fourth-order valence-electron chi connectivity index (χ4n) is 5.91. The minimum Gasteiger partial charge on any atom is -0.497 e. The third-order valence-corrected chi connectivity index (χ3v) is 9.16. The number of nitrogens with one attached hydrogen (secondary N) is 1. The molecular weight excluding hydrogens is 607 g/mol. The van der Waals surface area contributed by atoms with Gasteiger partial charge in [0.2, 0.25) is 0 Å². The smallest absolute Gasteiger partial charge is 0.271 e. The SMILES string of the molecule is COc1cccc(C2C(C(=O)Nc3ccccc3)=C(C)N=c3s/c(=C/c4ccccc4OCc4cccc5ccccc45)c(=O)n32)c1. The van der Waals surface area contributed by atoms with Crippen LogP contribution in [0.5, 0.6) is 11.5 Å². The molecule has 1 N–H and O–H groups in total. The summed E-state index contributed by atoms with van der Waals surface area (Å²) in [5.41, 5.74) is 3.92. The third kappa shape index (κ3) is 5.98. The lowest BCUT2D eigenvalue weighted by molar-refractivity contribution is -0.113. The Morgan fingerprint density at radius 1 is 0.915 bits per heavy atom. The van der Waals surface area contributed by atoms with Crippen LogP contribution in [0.2, 0.25) is 0 Å². The van der Waals surface area contributed by atoms with Gasteiger partial charge in [-0.3, -0.25) is 14.2 Å².